The third kappa shape index (κ3) is 4.77. The Morgan fingerprint density at radius 3 is 2.60 bits per heavy atom. The van der Waals surface area contributed by atoms with E-state index in [0.717, 1.165) is 6.54 Å². The summed E-state index contributed by atoms with van der Waals surface area (Å²) in [6.45, 7) is 4.07. The first-order valence-electron chi connectivity index (χ1n) is 6.63. The largest absolute Gasteiger partial charge is 0.381 e. The van der Waals surface area contributed by atoms with Crippen LogP contribution in [0.25, 0.3) is 0 Å². The van der Waals surface area contributed by atoms with Crippen LogP contribution in [0.15, 0.2) is 11.0 Å². The molecule has 0 aliphatic carbocycles. The lowest BCUT2D eigenvalue weighted by atomic mass is 10.3. The molecule has 20 heavy (non-hydrogen) atoms. The standard InChI is InChI=1S/C13H24ClN5O/c1-10(18(4)5)8-15-11-9-16-19(7-6-17(2)3)13(20)12(11)14/h9-10,15H,6-8H2,1-5H3. The topological polar surface area (TPSA) is 53.4 Å². The number of rotatable bonds is 7. The van der Waals surface area contributed by atoms with Gasteiger partial charge in [0.05, 0.1) is 18.4 Å². The van der Waals surface area contributed by atoms with Crippen molar-refractivity contribution in [3.8, 4) is 0 Å². The lowest BCUT2D eigenvalue weighted by Gasteiger charge is -2.21. The molecule has 1 rings (SSSR count). The number of hydrogen-bond acceptors (Lipinski definition) is 5. The van der Waals surface area contributed by atoms with E-state index in [1.54, 1.807) is 6.20 Å². The fourth-order valence-electron chi connectivity index (χ4n) is 1.48. The average molecular weight is 302 g/mol. The summed E-state index contributed by atoms with van der Waals surface area (Å²) in [5.41, 5.74) is 0.336. The second-order valence-corrected chi connectivity index (χ2v) is 5.78. The van der Waals surface area contributed by atoms with Crippen LogP contribution in [0.2, 0.25) is 5.02 Å². The summed E-state index contributed by atoms with van der Waals surface area (Å²) in [7, 11) is 7.91. The van der Waals surface area contributed by atoms with E-state index in [-0.39, 0.29) is 10.6 Å². The van der Waals surface area contributed by atoms with Crippen molar-refractivity contribution in [1.82, 2.24) is 19.6 Å². The Morgan fingerprint density at radius 2 is 2.05 bits per heavy atom. The van der Waals surface area contributed by atoms with Gasteiger partial charge in [-0.15, -0.1) is 0 Å². The normalized spacial score (nSPS) is 13.0. The Labute approximate surface area is 125 Å². The molecule has 1 N–H and O–H groups in total. The maximum atomic E-state index is 12.1. The van der Waals surface area contributed by atoms with Crippen molar-refractivity contribution in [1.29, 1.82) is 0 Å². The van der Waals surface area contributed by atoms with Gasteiger partial charge in [-0.25, -0.2) is 4.68 Å². The van der Waals surface area contributed by atoms with E-state index in [9.17, 15) is 4.79 Å². The highest BCUT2D eigenvalue weighted by Gasteiger charge is 2.11. The molecule has 1 aromatic rings. The minimum atomic E-state index is -0.254. The van der Waals surface area contributed by atoms with Crippen LogP contribution in [-0.4, -0.2) is 66.9 Å². The Bertz CT molecular complexity index is 486. The molecule has 1 heterocycles. The van der Waals surface area contributed by atoms with Gasteiger partial charge in [-0.05, 0) is 35.1 Å². The van der Waals surface area contributed by atoms with Crippen LogP contribution < -0.4 is 10.9 Å². The molecule has 0 aliphatic rings. The van der Waals surface area contributed by atoms with Gasteiger partial charge in [0.1, 0.15) is 5.02 Å². The summed E-state index contributed by atoms with van der Waals surface area (Å²) < 4.78 is 1.39. The smallest absolute Gasteiger partial charge is 0.287 e. The van der Waals surface area contributed by atoms with Crippen molar-refractivity contribution < 1.29 is 0 Å². The van der Waals surface area contributed by atoms with Crippen molar-refractivity contribution >= 4 is 17.3 Å². The number of anilines is 1. The first-order chi connectivity index (χ1) is 9.32. The summed E-state index contributed by atoms with van der Waals surface area (Å²) in [6.07, 6.45) is 1.61. The zero-order valence-electron chi connectivity index (χ0n) is 12.9. The van der Waals surface area contributed by atoms with Gasteiger partial charge in [0.25, 0.3) is 5.56 Å². The first kappa shape index (κ1) is 16.9. The van der Waals surface area contributed by atoms with Gasteiger partial charge < -0.3 is 15.1 Å². The van der Waals surface area contributed by atoms with Gasteiger partial charge in [-0.3, -0.25) is 4.79 Å². The third-order valence-electron chi connectivity index (χ3n) is 3.21. The maximum absolute atomic E-state index is 12.1. The lowest BCUT2D eigenvalue weighted by molar-refractivity contribution is 0.326. The number of aromatic nitrogens is 2. The molecule has 0 bridgehead atoms. The molecule has 0 saturated heterocycles. The highest BCUT2D eigenvalue weighted by molar-refractivity contribution is 6.32. The summed E-state index contributed by atoms with van der Waals surface area (Å²) in [4.78, 5) is 16.2. The molecule has 0 fully saturated rings. The lowest BCUT2D eigenvalue weighted by Crippen LogP contribution is -2.33. The van der Waals surface area contributed by atoms with E-state index in [0.29, 0.717) is 24.8 Å². The monoisotopic (exact) mass is 301 g/mol. The maximum Gasteiger partial charge on any atom is 0.287 e. The van der Waals surface area contributed by atoms with Gasteiger partial charge in [-0.2, -0.15) is 5.10 Å². The van der Waals surface area contributed by atoms with Crippen LogP contribution in [0.5, 0.6) is 0 Å². The van der Waals surface area contributed by atoms with E-state index >= 15 is 0 Å². The first-order valence-corrected chi connectivity index (χ1v) is 7.01. The molecule has 1 atom stereocenters. The molecule has 0 aliphatic heterocycles. The Hall–Kier alpha value is -1.11. The van der Waals surface area contributed by atoms with Crippen molar-refractivity contribution in [3.05, 3.63) is 21.6 Å². The molecule has 6 nitrogen and oxygen atoms in total. The second kappa shape index (κ2) is 7.61. The van der Waals surface area contributed by atoms with Gasteiger partial charge >= 0.3 is 0 Å². The zero-order valence-corrected chi connectivity index (χ0v) is 13.6. The fraction of sp³-hybridized carbons (Fsp3) is 0.692. The van der Waals surface area contributed by atoms with E-state index in [1.807, 2.05) is 33.1 Å². The molecule has 0 radical (unpaired) electrons. The minimum Gasteiger partial charge on any atom is -0.381 e. The van der Waals surface area contributed by atoms with E-state index < -0.39 is 0 Å². The van der Waals surface area contributed by atoms with Gasteiger partial charge in [0.15, 0.2) is 0 Å². The quantitative estimate of drug-likeness (QED) is 0.808. The molecule has 1 aromatic heterocycles. The Balaban J connectivity index is 2.76. The average Bonchev–Trinajstić information content (AvgIpc) is 2.38. The van der Waals surface area contributed by atoms with E-state index in [4.69, 9.17) is 11.6 Å². The van der Waals surface area contributed by atoms with Crippen LogP contribution in [0, 0.1) is 0 Å². The number of nitrogens with zero attached hydrogens (tertiary/aromatic N) is 4. The molecular weight excluding hydrogens is 278 g/mol. The number of halogens is 1. The highest BCUT2D eigenvalue weighted by Crippen LogP contribution is 2.15. The van der Waals surface area contributed by atoms with E-state index in [1.165, 1.54) is 4.68 Å². The van der Waals surface area contributed by atoms with Crippen molar-refractivity contribution in [3.63, 3.8) is 0 Å². The Kier molecular flexibility index (Phi) is 6.45. The zero-order chi connectivity index (χ0) is 15.3. The number of likely N-dealkylation sites (N-methyl/N-ethyl adjacent to an activating group) is 2. The van der Waals surface area contributed by atoms with Crippen LogP contribution in [-0.2, 0) is 6.54 Å². The van der Waals surface area contributed by atoms with Crippen LogP contribution in [0.1, 0.15) is 6.92 Å². The van der Waals surface area contributed by atoms with Crippen molar-refractivity contribution in [2.24, 2.45) is 0 Å². The van der Waals surface area contributed by atoms with Gasteiger partial charge in [0.2, 0.25) is 0 Å². The summed E-state index contributed by atoms with van der Waals surface area (Å²) in [5, 5.41) is 7.52. The van der Waals surface area contributed by atoms with Crippen LogP contribution in [0.3, 0.4) is 0 Å². The van der Waals surface area contributed by atoms with Gasteiger partial charge in [0, 0.05) is 19.1 Å². The minimum absolute atomic E-state index is 0.199. The number of hydrogen-bond donors (Lipinski definition) is 1. The Morgan fingerprint density at radius 1 is 1.40 bits per heavy atom. The highest BCUT2D eigenvalue weighted by atomic mass is 35.5. The second-order valence-electron chi connectivity index (χ2n) is 5.40. The SMILES string of the molecule is CC(CNc1cnn(CCN(C)C)c(=O)c1Cl)N(C)C. The van der Waals surface area contributed by atoms with Crippen molar-refractivity contribution in [2.45, 2.75) is 19.5 Å². The fourth-order valence-corrected chi connectivity index (χ4v) is 1.70. The molecule has 1 unspecified atom stereocenters. The predicted octanol–water partition coefficient (Wildman–Crippen LogP) is 0.820. The molecule has 0 amide bonds. The van der Waals surface area contributed by atoms with E-state index in [2.05, 4.69) is 22.2 Å². The van der Waals surface area contributed by atoms with Crippen LogP contribution in [0.4, 0.5) is 5.69 Å². The van der Waals surface area contributed by atoms with Gasteiger partial charge in [-0.1, -0.05) is 11.6 Å². The summed E-state index contributed by atoms with van der Waals surface area (Å²) in [6, 6.07) is 0.335. The molecular formula is C13H24ClN5O. The molecule has 7 heteroatoms. The molecule has 0 saturated carbocycles. The third-order valence-corrected chi connectivity index (χ3v) is 3.58. The summed E-state index contributed by atoms with van der Waals surface area (Å²) in [5.74, 6) is 0. The van der Waals surface area contributed by atoms with Crippen molar-refractivity contribution in [2.75, 3.05) is 46.6 Å². The van der Waals surface area contributed by atoms with Crippen LogP contribution >= 0.6 is 11.6 Å². The molecule has 0 aromatic carbocycles. The molecule has 114 valence electrons. The number of nitrogens with one attached hydrogen (secondary N) is 1. The summed E-state index contributed by atoms with van der Waals surface area (Å²) >= 11 is 6.11. The predicted molar refractivity (Wildman–Crippen MR) is 83.7 cm³/mol. The molecule has 0 spiro atoms.